The summed E-state index contributed by atoms with van der Waals surface area (Å²) in [6.45, 7) is 1.45. The van der Waals surface area contributed by atoms with Gasteiger partial charge in [0, 0.05) is 0 Å². The van der Waals surface area contributed by atoms with Crippen molar-refractivity contribution in [3.8, 4) is 0 Å². The Labute approximate surface area is 139 Å². The van der Waals surface area contributed by atoms with E-state index in [1.54, 1.807) is 19.1 Å². The van der Waals surface area contributed by atoms with Crippen molar-refractivity contribution in [2.24, 2.45) is 0 Å². The fraction of sp³-hybridized carbons (Fsp3) is 0.471. The lowest BCUT2D eigenvalue weighted by molar-refractivity contribution is -0.135. The van der Waals surface area contributed by atoms with E-state index >= 15 is 0 Å². The number of carbonyl (C=O) groups excluding carboxylic acids is 3. The molecular weight excluding hydrogens is 313 g/mol. The van der Waals surface area contributed by atoms with Crippen LogP contribution < -0.4 is 10.6 Å². The normalized spacial score (nSPS) is 20.3. The van der Waals surface area contributed by atoms with Gasteiger partial charge in [-0.05, 0) is 37.5 Å². The Morgan fingerprint density at radius 1 is 1.29 bits per heavy atom. The molecule has 24 heavy (non-hydrogen) atoms. The first-order valence-corrected chi connectivity index (χ1v) is 8.10. The molecule has 4 amide bonds. The smallest absolute Gasteiger partial charge is 0.325 e. The number of amides is 4. The Morgan fingerprint density at radius 2 is 1.92 bits per heavy atom. The van der Waals surface area contributed by atoms with E-state index in [0.29, 0.717) is 12.8 Å². The molecule has 1 atom stereocenters. The van der Waals surface area contributed by atoms with Gasteiger partial charge in [-0.3, -0.25) is 14.5 Å². The van der Waals surface area contributed by atoms with Crippen molar-refractivity contribution < 1.29 is 18.8 Å². The van der Waals surface area contributed by atoms with E-state index in [1.807, 2.05) is 0 Å². The highest BCUT2D eigenvalue weighted by molar-refractivity contribution is 6.09. The summed E-state index contributed by atoms with van der Waals surface area (Å²) >= 11 is 0. The molecule has 3 rings (SSSR count). The molecule has 0 bridgehead atoms. The van der Waals surface area contributed by atoms with Gasteiger partial charge < -0.3 is 10.6 Å². The van der Waals surface area contributed by atoms with Crippen molar-refractivity contribution in [1.82, 2.24) is 15.5 Å². The van der Waals surface area contributed by atoms with Crippen LogP contribution in [-0.4, -0.2) is 34.8 Å². The zero-order chi connectivity index (χ0) is 17.3. The molecule has 1 spiro atoms. The Bertz CT molecular complexity index is 668. The van der Waals surface area contributed by atoms with Gasteiger partial charge in [0.05, 0.1) is 6.04 Å². The number of hydrogen-bond donors (Lipinski definition) is 2. The van der Waals surface area contributed by atoms with E-state index in [-0.39, 0.29) is 24.3 Å². The van der Waals surface area contributed by atoms with Crippen LogP contribution in [0.4, 0.5) is 9.18 Å². The van der Waals surface area contributed by atoms with Crippen molar-refractivity contribution >= 4 is 17.8 Å². The van der Waals surface area contributed by atoms with Crippen molar-refractivity contribution in [3.63, 3.8) is 0 Å². The van der Waals surface area contributed by atoms with E-state index in [0.717, 1.165) is 23.3 Å². The highest BCUT2D eigenvalue weighted by atomic mass is 19.1. The maximum Gasteiger partial charge on any atom is 0.325 e. The third-order valence-electron chi connectivity index (χ3n) is 4.75. The Kier molecular flexibility index (Phi) is 4.26. The van der Waals surface area contributed by atoms with Gasteiger partial charge in [0.2, 0.25) is 5.91 Å². The number of nitrogens with one attached hydrogen (secondary N) is 2. The number of hydrogen-bond acceptors (Lipinski definition) is 3. The molecule has 2 aliphatic rings. The van der Waals surface area contributed by atoms with Crippen LogP contribution in [0.2, 0.25) is 0 Å². The number of halogens is 1. The highest BCUT2D eigenvalue weighted by Gasteiger charge is 2.52. The topological polar surface area (TPSA) is 78.5 Å². The van der Waals surface area contributed by atoms with Crippen LogP contribution >= 0.6 is 0 Å². The van der Waals surface area contributed by atoms with Gasteiger partial charge >= 0.3 is 6.03 Å². The Hall–Kier alpha value is -2.44. The summed E-state index contributed by atoms with van der Waals surface area (Å²) in [6, 6.07) is 4.95. The monoisotopic (exact) mass is 333 g/mol. The highest BCUT2D eigenvalue weighted by Crippen LogP contribution is 2.34. The number of imide groups is 1. The molecule has 1 heterocycles. The third kappa shape index (κ3) is 2.98. The standard InChI is InChI=1S/C17H20FN3O3/c1-11(12-4-6-13(18)7-5-12)19-14(22)10-21-15(23)17(20-16(21)24)8-2-3-9-17/h4-7,11H,2-3,8-10H2,1H3,(H,19,22)(H,20,24). The van der Waals surface area contributed by atoms with Crippen LogP contribution in [0.15, 0.2) is 24.3 Å². The summed E-state index contributed by atoms with van der Waals surface area (Å²) in [4.78, 5) is 37.7. The number of urea groups is 1. The van der Waals surface area contributed by atoms with Gasteiger partial charge in [-0.2, -0.15) is 0 Å². The van der Waals surface area contributed by atoms with Crippen LogP contribution in [0.1, 0.15) is 44.2 Å². The molecule has 1 saturated carbocycles. The molecular formula is C17H20FN3O3. The second-order valence-corrected chi connectivity index (χ2v) is 6.45. The predicted molar refractivity (Wildman–Crippen MR) is 84.4 cm³/mol. The molecule has 0 radical (unpaired) electrons. The molecule has 1 saturated heterocycles. The van der Waals surface area contributed by atoms with Crippen molar-refractivity contribution in [2.45, 2.75) is 44.2 Å². The quantitative estimate of drug-likeness (QED) is 0.826. The van der Waals surface area contributed by atoms with E-state index in [1.165, 1.54) is 12.1 Å². The Balaban J connectivity index is 1.61. The summed E-state index contributed by atoms with van der Waals surface area (Å²) in [7, 11) is 0. The van der Waals surface area contributed by atoms with E-state index in [4.69, 9.17) is 0 Å². The zero-order valence-corrected chi connectivity index (χ0v) is 13.5. The van der Waals surface area contributed by atoms with Crippen molar-refractivity contribution in [2.75, 3.05) is 6.54 Å². The molecule has 2 N–H and O–H groups in total. The van der Waals surface area contributed by atoms with Gasteiger partial charge in [0.15, 0.2) is 0 Å². The lowest BCUT2D eigenvalue weighted by atomic mass is 9.98. The number of nitrogens with zero attached hydrogens (tertiary/aromatic N) is 1. The molecule has 1 aromatic rings. The molecule has 1 aliphatic heterocycles. The SMILES string of the molecule is CC(NC(=O)CN1C(=O)NC2(CCCC2)C1=O)c1ccc(F)cc1. The van der Waals surface area contributed by atoms with Crippen molar-refractivity contribution in [3.05, 3.63) is 35.6 Å². The minimum Gasteiger partial charge on any atom is -0.348 e. The minimum atomic E-state index is -0.806. The average molecular weight is 333 g/mol. The summed E-state index contributed by atoms with van der Waals surface area (Å²) in [5, 5.41) is 5.47. The molecule has 128 valence electrons. The fourth-order valence-corrected chi connectivity index (χ4v) is 3.40. The van der Waals surface area contributed by atoms with Crippen molar-refractivity contribution in [1.29, 1.82) is 0 Å². The van der Waals surface area contributed by atoms with Gasteiger partial charge in [-0.15, -0.1) is 0 Å². The first-order chi connectivity index (χ1) is 11.4. The lowest BCUT2D eigenvalue weighted by Crippen LogP contribution is -2.45. The first kappa shape index (κ1) is 16.4. The third-order valence-corrected chi connectivity index (χ3v) is 4.75. The maximum atomic E-state index is 12.9. The summed E-state index contributed by atoms with van der Waals surface area (Å²) < 4.78 is 12.9. The van der Waals surface area contributed by atoms with Crippen LogP contribution in [0.3, 0.4) is 0 Å². The second kappa shape index (κ2) is 6.22. The summed E-state index contributed by atoms with van der Waals surface area (Å²) in [5.74, 6) is -1.08. The predicted octanol–water partition coefficient (Wildman–Crippen LogP) is 1.87. The molecule has 1 unspecified atom stereocenters. The molecule has 2 fully saturated rings. The molecule has 1 aromatic carbocycles. The molecule has 1 aliphatic carbocycles. The van der Waals surface area contributed by atoms with E-state index < -0.39 is 17.5 Å². The Morgan fingerprint density at radius 3 is 2.54 bits per heavy atom. The van der Waals surface area contributed by atoms with E-state index in [2.05, 4.69) is 10.6 Å². The largest absolute Gasteiger partial charge is 0.348 e. The maximum absolute atomic E-state index is 12.9. The zero-order valence-electron chi connectivity index (χ0n) is 13.5. The molecule has 6 nitrogen and oxygen atoms in total. The molecule has 7 heteroatoms. The summed E-state index contributed by atoms with van der Waals surface area (Å²) in [6.07, 6.45) is 3.05. The van der Waals surface area contributed by atoms with Gasteiger partial charge in [-0.25, -0.2) is 9.18 Å². The number of carbonyl (C=O) groups is 3. The van der Waals surface area contributed by atoms with Gasteiger partial charge in [0.25, 0.3) is 5.91 Å². The van der Waals surface area contributed by atoms with Gasteiger partial charge in [-0.1, -0.05) is 25.0 Å². The van der Waals surface area contributed by atoms with Crippen LogP contribution in [-0.2, 0) is 9.59 Å². The average Bonchev–Trinajstić information content (AvgIpc) is 3.09. The fourth-order valence-electron chi connectivity index (χ4n) is 3.40. The van der Waals surface area contributed by atoms with Crippen LogP contribution in [0, 0.1) is 5.82 Å². The van der Waals surface area contributed by atoms with Crippen LogP contribution in [0.25, 0.3) is 0 Å². The number of benzene rings is 1. The van der Waals surface area contributed by atoms with Crippen LogP contribution in [0.5, 0.6) is 0 Å². The van der Waals surface area contributed by atoms with Gasteiger partial charge in [0.1, 0.15) is 17.9 Å². The molecule has 0 aromatic heterocycles. The van der Waals surface area contributed by atoms with E-state index in [9.17, 15) is 18.8 Å². The number of rotatable bonds is 4. The summed E-state index contributed by atoms with van der Waals surface area (Å²) in [5.41, 5.74) is -0.0610. The minimum absolute atomic E-state index is 0.308. The lowest BCUT2D eigenvalue weighted by Gasteiger charge is -2.20. The second-order valence-electron chi connectivity index (χ2n) is 6.45. The first-order valence-electron chi connectivity index (χ1n) is 8.10.